The zero-order valence-corrected chi connectivity index (χ0v) is 11.4. The lowest BCUT2D eigenvalue weighted by Crippen LogP contribution is -2.40. The highest BCUT2D eigenvalue weighted by Crippen LogP contribution is 2.37. The molecule has 1 N–H and O–H groups in total. The van der Waals surface area contributed by atoms with Crippen LogP contribution in [-0.4, -0.2) is 16.5 Å². The number of rotatable bonds is 2. The van der Waals surface area contributed by atoms with E-state index in [2.05, 4.69) is 10.3 Å². The highest BCUT2D eigenvalue weighted by molar-refractivity contribution is 8.14. The van der Waals surface area contributed by atoms with Crippen molar-refractivity contribution in [3.8, 4) is 0 Å². The number of benzene rings is 1. The molecular weight excluding hydrogens is 266 g/mol. The van der Waals surface area contributed by atoms with Crippen molar-refractivity contribution >= 4 is 16.9 Å². The molecule has 0 atom stereocenters. The zero-order valence-electron chi connectivity index (χ0n) is 10.6. The van der Waals surface area contributed by atoms with Crippen molar-refractivity contribution in [2.24, 2.45) is 4.99 Å². The van der Waals surface area contributed by atoms with Crippen LogP contribution < -0.4 is 5.32 Å². The first kappa shape index (κ1) is 12.9. The van der Waals surface area contributed by atoms with Crippen LogP contribution in [-0.2, 0) is 6.54 Å². The van der Waals surface area contributed by atoms with Crippen LogP contribution in [0, 0.1) is 11.6 Å². The van der Waals surface area contributed by atoms with Gasteiger partial charge in [-0.1, -0.05) is 30.7 Å². The van der Waals surface area contributed by atoms with Gasteiger partial charge in [-0.3, -0.25) is 4.99 Å². The molecule has 0 aromatic heterocycles. The molecule has 2 fully saturated rings. The van der Waals surface area contributed by atoms with Gasteiger partial charge in [-0.05, 0) is 30.5 Å². The number of thioether (sulfide) groups is 1. The third-order valence-electron chi connectivity index (χ3n) is 3.81. The Morgan fingerprint density at radius 2 is 2.00 bits per heavy atom. The maximum Gasteiger partial charge on any atom is 0.159 e. The Labute approximate surface area is 115 Å². The van der Waals surface area contributed by atoms with Gasteiger partial charge >= 0.3 is 0 Å². The Bertz CT molecular complexity index is 510. The van der Waals surface area contributed by atoms with Crippen LogP contribution in [0.3, 0.4) is 0 Å². The molecule has 1 aromatic rings. The molecule has 2 nitrogen and oxygen atoms in total. The van der Waals surface area contributed by atoms with Crippen LogP contribution >= 0.6 is 11.8 Å². The molecule has 0 unspecified atom stereocenters. The monoisotopic (exact) mass is 282 g/mol. The van der Waals surface area contributed by atoms with Crippen LogP contribution in [0.2, 0.25) is 0 Å². The van der Waals surface area contributed by atoms with E-state index in [1.165, 1.54) is 31.7 Å². The SMILES string of the molecule is Fc1ccc(CN=C2NC3(CCCC3)CS2)cc1F. The van der Waals surface area contributed by atoms with Crippen molar-refractivity contribution in [2.45, 2.75) is 37.8 Å². The van der Waals surface area contributed by atoms with Crippen LogP contribution in [0.25, 0.3) is 0 Å². The lowest BCUT2D eigenvalue weighted by molar-refractivity contribution is 0.452. The third kappa shape index (κ3) is 2.76. The Hall–Kier alpha value is -1.10. The van der Waals surface area contributed by atoms with Crippen molar-refractivity contribution in [1.29, 1.82) is 0 Å². The fourth-order valence-corrected chi connectivity index (χ4v) is 3.93. The van der Waals surface area contributed by atoms with E-state index in [0.29, 0.717) is 12.1 Å². The quantitative estimate of drug-likeness (QED) is 0.898. The van der Waals surface area contributed by atoms with Gasteiger partial charge in [0.25, 0.3) is 0 Å². The number of nitrogens with one attached hydrogen (secondary N) is 1. The normalized spacial score (nSPS) is 23.2. The summed E-state index contributed by atoms with van der Waals surface area (Å²) in [5.41, 5.74) is 0.943. The summed E-state index contributed by atoms with van der Waals surface area (Å²) in [5.74, 6) is -0.546. The van der Waals surface area contributed by atoms with Gasteiger partial charge in [-0.2, -0.15) is 0 Å². The molecule has 1 aliphatic heterocycles. The van der Waals surface area contributed by atoms with Gasteiger partial charge in [-0.15, -0.1) is 0 Å². The van der Waals surface area contributed by atoms with E-state index in [4.69, 9.17) is 0 Å². The largest absolute Gasteiger partial charge is 0.359 e. The first-order chi connectivity index (χ1) is 9.17. The minimum atomic E-state index is -0.810. The molecular formula is C14H16F2N2S. The van der Waals surface area contributed by atoms with Gasteiger partial charge in [0, 0.05) is 11.3 Å². The van der Waals surface area contributed by atoms with Crippen molar-refractivity contribution in [2.75, 3.05) is 5.75 Å². The minimum absolute atomic E-state index is 0.248. The molecule has 1 saturated heterocycles. The summed E-state index contributed by atoms with van der Waals surface area (Å²) in [6, 6.07) is 3.94. The molecule has 19 heavy (non-hydrogen) atoms. The lowest BCUT2D eigenvalue weighted by atomic mass is 10.0. The summed E-state index contributed by atoms with van der Waals surface area (Å²) in [6.07, 6.45) is 4.99. The van der Waals surface area contributed by atoms with E-state index in [1.807, 2.05) is 0 Å². The topological polar surface area (TPSA) is 24.4 Å². The number of nitrogens with zero attached hydrogens (tertiary/aromatic N) is 1. The Morgan fingerprint density at radius 3 is 2.74 bits per heavy atom. The molecule has 2 aliphatic rings. The van der Waals surface area contributed by atoms with Gasteiger partial charge in [0.15, 0.2) is 16.8 Å². The van der Waals surface area contributed by atoms with Gasteiger partial charge in [0.05, 0.1) is 6.54 Å². The van der Waals surface area contributed by atoms with Gasteiger partial charge in [0.1, 0.15) is 0 Å². The van der Waals surface area contributed by atoms with E-state index in [-0.39, 0.29) is 5.54 Å². The second kappa shape index (κ2) is 5.12. The molecule has 1 spiro atoms. The van der Waals surface area contributed by atoms with E-state index in [9.17, 15) is 8.78 Å². The highest BCUT2D eigenvalue weighted by atomic mass is 32.2. The molecule has 1 heterocycles. The highest BCUT2D eigenvalue weighted by Gasteiger charge is 2.39. The molecule has 1 aliphatic carbocycles. The molecule has 0 amide bonds. The van der Waals surface area contributed by atoms with Crippen LogP contribution in [0.5, 0.6) is 0 Å². The molecule has 102 valence electrons. The maximum absolute atomic E-state index is 13.1. The van der Waals surface area contributed by atoms with Crippen molar-refractivity contribution in [1.82, 2.24) is 5.32 Å². The third-order valence-corrected chi connectivity index (χ3v) is 5.01. The predicted octanol–water partition coefficient (Wildman–Crippen LogP) is 3.47. The summed E-state index contributed by atoms with van der Waals surface area (Å²) in [7, 11) is 0. The van der Waals surface area contributed by atoms with Gasteiger partial charge in [0.2, 0.25) is 0 Å². The summed E-state index contributed by atoms with van der Waals surface area (Å²) in [5, 5.41) is 4.44. The Balaban J connectivity index is 1.65. The van der Waals surface area contributed by atoms with Gasteiger partial charge < -0.3 is 5.32 Å². The molecule has 1 saturated carbocycles. The smallest absolute Gasteiger partial charge is 0.159 e. The van der Waals surface area contributed by atoms with E-state index in [1.54, 1.807) is 17.8 Å². The molecule has 0 bridgehead atoms. The van der Waals surface area contributed by atoms with Gasteiger partial charge in [-0.25, -0.2) is 8.78 Å². The first-order valence-corrected chi connectivity index (χ1v) is 7.55. The summed E-state index contributed by atoms with van der Waals surface area (Å²) in [4.78, 5) is 4.46. The van der Waals surface area contributed by atoms with Crippen molar-refractivity contribution < 1.29 is 8.78 Å². The predicted molar refractivity (Wildman–Crippen MR) is 74.3 cm³/mol. The summed E-state index contributed by atoms with van der Waals surface area (Å²) >= 11 is 1.74. The minimum Gasteiger partial charge on any atom is -0.359 e. The molecule has 3 rings (SSSR count). The second-order valence-corrected chi connectivity index (χ2v) is 6.24. The van der Waals surface area contributed by atoms with Crippen LogP contribution in [0.15, 0.2) is 23.2 Å². The Kier molecular flexibility index (Phi) is 3.48. The average molecular weight is 282 g/mol. The van der Waals surface area contributed by atoms with Crippen LogP contribution in [0.1, 0.15) is 31.2 Å². The standard InChI is InChI=1S/C14H16F2N2S/c15-11-4-3-10(7-12(11)16)8-17-13-18-14(9-19-13)5-1-2-6-14/h3-4,7H,1-2,5-6,8-9H2,(H,17,18). The summed E-state index contributed by atoms with van der Waals surface area (Å²) in [6.45, 7) is 0.391. The molecule has 0 radical (unpaired) electrons. The number of amidine groups is 1. The van der Waals surface area contributed by atoms with E-state index >= 15 is 0 Å². The fourth-order valence-electron chi connectivity index (χ4n) is 2.71. The first-order valence-electron chi connectivity index (χ1n) is 6.56. The second-order valence-electron chi connectivity index (χ2n) is 5.27. The van der Waals surface area contributed by atoms with Crippen molar-refractivity contribution in [3.63, 3.8) is 0 Å². The molecule has 5 heteroatoms. The molecule has 1 aromatic carbocycles. The fraction of sp³-hybridized carbons (Fsp3) is 0.500. The number of aliphatic imine (C=N–C) groups is 1. The zero-order chi connectivity index (χ0) is 13.3. The van der Waals surface area contributed by atoms with E-state index in [0.717, 1.165) is 17.0 Å². The van der Waals surface area contributed by atoms with E-state index < -0.39 is 11.6 Å². The summed E-state index contributed by atoms with van der Waals surface area (Å²) < 4.78 is 25.9. The van der Waals surface area contributed by atoms with Crippen molar-refractivity contribution in [3.05, 3.63) is 35.4 Å². The lowest BCUT2D eigenvalue weighted by Gasteiger charge is -2.21. The Morgan fingerprint density at radius 1 is 1.21 bits per heavy atom. The number of hydrogen-bond acceptors (Lipinski definition) is 2. The maximum atomic E-state index is 13.1. The average Bonchev–Trinajstić information content (AvgIpc) is 3.02. The number of halogens is 2. The number of hydrogen-bond donors (Lipinski definition) is 1. The van der Waals surface area contributed by atoms with Crippen LogP contribution in [0.4, 0.5) is 8.78 Å².